The van der Waals surface area contributed by atoms with E-state index in [0.29, 0.717) is 16.4 Å². The summed E-state index contributed by atoms with van der Waals surface area (Å²) in [5, 5.41) is 6.26. The van der Waals surface area contributed by atoms with Gasteiger partial charge in [0.2, 0.25) is 5.89 Å². The zero-order valence-corrected chi connectivity index (χ0v) is 16.9. The number of nitrogens with zero attached hydrogens (tertiary/aromatic N) is 2. The molecule has 0 saturated heterocycles. The van der Waals surface area contributed by atoms with Crippen molar-refractivity contribution in [2.24, 2.45) is 5.92 Å². The van der Waals surface area contributed by atoms with Crippen LogP contribution < -0.4 is 10.6 Å². The van der Waals surface area contributed by atoms with Crippen molar-refractivity contribution >= 4 is 34.8 Å². The van der Waals surface area contributed by atoms with E-state index in [1.165, 1.54) is 23.8 Å². The van der Waals surface area contributed by atoms with Gasteiger partial charge in [-0.05, 0) is 23.6 Å². The monoisotopic (exact) mass is 418 g/mol. The Balaban J connectivity index is 1.66. The fraction of sp³-hybridized carbons (Fsp3) is 0.263. The number of hydrogen-bond donors (Lipinski definition) is 2. The van der Waals surface area contributed by atoms with Gasteiger partial charge in [0.1, 0.15) is 17.2 Å². The number of aromatic nitrogens is 2. The first-order chi connectivity index (χ1) is 13.4. The van der Waals surface area contributed by atoms with Crippen molar-refractivity contribution < 1.29 is 14.0 Å². The lowest BCUT2D eigenvalue weighted by molar-refractivity contribution is 0.0919. The maximum absolute atomic E-state index is 12.4. The molecule has 2 N–H and O–H groups in total. The topological polar surface area (TPSA) is 97.1 Å². The number of hydrogen-bond acceptors (Lipinski definition) is 6. The third-order valence-corrected chi connectivity index (χ3v) is 4.98. The molecule has 3 rings (SSSR count). The molecule has 0 aliphatic rings. The van der Waals surface area contributed by atoms with Crippen LogP contribution in [0.4, 0.5) is 0 Å². The van der Waals surface area contributed by atoms with Gasteiger partial charge < -0.3 is 15.1 Å². The van der Waals surface area contributed by atoms with E-state index in [9.17, 15) is 9.59 Å². The number of amides is 2. The minimum atomic E-state index is -0.468. The highest BCUT2D eigenvalue weighted by molar-refractivity contribution is 7.11. The van der Waals surface area contributed by atoms with Crippen LogP contribution in [-0.2, 0) is 6.54 Å². The molecule has 7 nitrogen and oxygen atoms in total. The number of nitrogens with one attached hydrogen (secondary N) is 2. The van der Waals surface area contributed by atoms with Crippen LogP contribution in [-0.4, -0.2) is 21.8 Å². The maximum Gasteiger partial charge on any atom is 0.273 e. The zero-order chi connectivity index (χ0) is 20.1. The van der Waals surface area contributed by atoms with Gasteiger partial charge >= 0.3 is 0 Å². The predicted octanol–water partition coefficient (Wildman–Crippen LogP) is 3.84. The zero-order valence-electron chi connectivity index (χ0n) is 15.3. The lowest BCUT2D eigenvalue weighted by Gasteiger charge is -2.18. The first kappa shape index (κ1) is 20.0. The third-order valence-electron chi connectivity index (χ3n) is 3.97. The van der Waals surface area contributed by atoms with Gasteiger partial charge in [-0.25, -0.2) is 4.98 Å². The van der Waals surface area contributed by atoms with Crippen LogP contribution in [0.5, 0.6) is 0 Å². The second-order valence-electron chi connectivity index (χ2n) is 6.44. The standard InChI is InChI=1S/C19H19ClN4O3S/c1-11(2)16(24-18(26)15-8-21-10-28-15)19-23-14(9-27-19)17(25)22-7-12-4-3-5-13(20)6-12/h3-6,8-11,16H,7H2,1-2H3,(H,22,25)(H,24,26)/t16-/m0/s1. The molecule has 0 radical (unpaired) electrons. The molecule has 0 aliphatic heterocycles. The lowest BCUT2D eigenvalue weighted by Crippen LogP contribution is -2.31. The molecule has 0 spiro atoms. The number of thiazole rings is 1. The summed E-state index contributed by atoms with van der Waals surface area (Å²) >= 11 is 7.19. The van der Waals surface area contributed by atoms with E-state index in [4.69, 9.17) is 16.0 Å². The van der Waals surface area contributed by atoms with Crippen molar-refractivity contribution in [1.29, 1.82) is 0 Å². The highest BCUT2D eigenvalue weighted by atomic mass is 35.5. The fourth-order valence-electron chi connectivity index (χ4n) is 2.51. The number of oxazole rings is 1. The summed E-state index contributed by atoms with van der Waals surface area (Å²) in [4.78, 5) is 33.3. The molecule has 0 unspecified atom stereocenters. The minimum absolute atomic E-state index is 0.0119. The van der Waals surface area contributed by atoms with Gasteiger partial charge in [-0.1, -0.05) is 37.6 Å². The van der Waals surface area contributed by atoms with Gasteiger partial charge in [0.05, 0.1) is 11.7 Å². The van der Waals surface area contributed by atoms with Gasteiger partial charge in [-0.3, -0.25) is 14.6 Å². The fourth-order valence-corrected chi connectivity index (χ4v) is 3.24. The van der Waals surface area contributed by atoms with Crippen molar-refractivity contribution in [3.8, 4) is 0 Å². The van der Waals surface area contributed by atoms with Crippen LogP contribution in [0.2, 0.25) is 5.02 Å². The van der Waals surface area contributed by atoms with Crippen LogP contribution >= 0.6 is 22.9 Å². The number of carbonyl (C=O) groups is 2. The van der Waals surface area contributed by atoms with Crippen molar-refractivity contribution in [2.75, 3.05) is 0 Å². The second-order valence-corrected chi connectivity index (χ2v) is 7.77. The molecule has 1 aromatic carbocycles. The smallest absolute Gasteiger partial charge is 0.273 e. The molecular formula is C19H19ClN4O3S. The van der Waals surface area contributed by atoms with Crippen molar-refractivity contribution in [2.45, 2.75) is 26.4 Å². The summed E-state index contributed by atoms with van der Waals surface area (Å²) < 4.78 is 5.48. The molecule has 146 valence electrons. The van der Waals surface area contributed by atoms with Crippen LogP contribution in [0, 0.1) is 5.92 Å². The largest absolute Gasteiger partial charge is 0.446 e. The average molecular weight is 419 g/mol. The maximum atomic E-state index is 12.4. The van der Waals surface area contributed by atoms with E-state index < -0.39 is 6.04 Å². The Labute approximate surface area is 171 Å². The Morgan fingerprint density at radius 3 is 2.79 bits per heavy atom. The third kappa shape index (κ3) is 4.96. The minimum Gasteiger partial charge on any atom is -0.446 e. The van der Waals surface area contributed by atoms with Crippen LogP contribution in [0.3, 0.4) is 0 Å². The van der Waals surface area contributed by atoms with E-state index >= 15 is 0 Å². The molecule has 0 aliphatic carbocycles. The van der Waals surface area contributed by atoms with E-state index in [2.05, 4.69) is 20.6 Å². The SMILES string of the molecule is CC(C)[C@H](NC(=O)c1cncs1)c1nc(C(=O)NCc2cccc(Cl)c2)co1. The molecule has 2 aromatic heterocycles. The molecule has 0 saturated carbocycles. The molecule has 28 heavy (non-hydrogen) atoms. The first-order valence-corrected chi connectivity index (χ1v) is 9.87. The van der Waals surface area contributed by atoms with E-state index in [1.54, 1.807) is 17.6 Å². The summed E-state index contributed by atoms with van der Waals surface area (Å²) in [6.07, 6.45) is 2.79. The molecular weight excluding hydrogens is 400 g/mol. The quantitative estimate of drug-likeness (QED) is 0.607. The highest BCUT2D eigenvalue weighted by Crippen LogP contribution is 2.22. The summed E-state index contributed by atoms with van der Waals surface area (Å²) in [7, 11) is 0. The van der Waals surface area contributed by atoms with Crippen molar-refractivity contribution in [3.63, 3.8) is 0 Å². The molecule has 3 aromatic rings. The lowest BCUT2D eigenvalue weighted by atomic mass is 10.0. The predicted molar refractivity (Wildman–Crippen MR) is 106 cm³/mol. The first-order valence-electron chi connectivity index (χ1n) is 8.61. The Bertz CT molecular complexity index is 956. The number of rotatable bonds is 7. The second kappa shape index (κ2) is 8.99. The van der Waals surface area contributed by atoms with Gasteiger partial charge in [0.25, 0.3) is 11.8 Å². The van der Waals surface area contributed by atoms with Crippen LogP contribution in [0.25, 0.3) is 0 Å². The molecule has 2 amide bonds. The van der Waals surface area contributed by atoms with Gasteiger partial charge in [-0.15, -0.1) is 11.3 Å². The number of halogens is 1. The van der Waals surface area contributed by atoms with Gasteiger partial charge in [-0.2, -0.15) is 0 Å². The number of carbonyl (C=O) groups excluding carboxylic acids is 2. The summed E-state index contributed by atoms with van der Waals surface area (Å²) in [5.74, 6) is -0.337. The molecule has 1 atom stereocenters. The van der Waals surface area contributed by atoms with E-state index in [1.807, 2.05) is 26.0 Å². The van der Waals surface area contributed by atoms with E-state index in [0.717, 1.165) is 5.56 Å². The van der Waals surface area contributed by atoms with E-state index in [-0.39, 0.29) is 29.3 Å². The molecule has 2 heterocycles. The van der Waals surface area contributed by atoms with Crippen LogP contribution in [0.1, 0.15) is 51.5 Å². The van der Waals surface area contributed by atoms with Crippen molar-refractivity contribution in [1.82, 2.24) is 20.6 Å². The Morgan fingerprint density at radius 2 is 2.11 bits per heavy atom. The summed E-state index contributed by atoms with van der Waals surface area (Å²) in [5.41, 5.74) is 2.61. The molecule has 0 bridgehead atoms. The number of benzene rings is 1. The average Bonchev–Trinajstić information content (AvgIpc) is 3.35. The van der Waals surface area contributed by atoms with Crippen molar-refractivity contribution in [3.05, 3.63) is 69.3 Å². The normalized spacial score (nSPS) is 12.0. The molecule has 0 fully saturated rings. The highest BCUT2D eigenvalue weighted by Gasteiger charge is 2.25. The van der Waals surface area contributed by atoms with Gasteiger partial charge in [0, 0.05) is 11.6 Å². The Kier molecular flexibility index (Phi) is 6.43. The Morgan fingerprint density at radius 1 is 1.29 bits per heavy atom. The summed E-state index contributed by atoms with van der Waals surface area (Å²) in [6, 6.07) is 6.76. The van der Waals surface area contributed by atoms with Gasteiger partial charge in [0.15, 0.2) is 5.69 Å². The van der Waals surface area contributed by atoms with Crippen LogP contribution in [0.15, 0.2) is 46.7 Å². The summed E-state index contributed by atoms with van der Waals surface area (Å²) in [6.45, 7) is 4.18. The Hall–Kier alpha value is -2.71. The molecule has 9 heteroatoms.